The van der Waals surface area contributed by atoms with Crippen molar-refractivity contribution in [2.75, 3.05) is 11.1 Å². The Morgan fingerprint density at radius 3 is 2.24 bits per heavy atom. The third-order valence-electron chi connectivity index (χ3n) is 5.67. The molecule has 0 bridgehead atoms. The number of rotatable bonds is 8. The van der Waals surface area contributed by atoms with Crippen molar-refractivity contribution in [2.45, 2.75) is 37.9 Å². The Kier molecular flexibility index (Phi) is 8.63. The summed E-state index contributed by atoms with van der Waals surface area (Å²) >= 11 is 4.66. The van der Waals surface area contributed by atoms with Gasteiger partial charge in [-0.3, -0.25) is 14.2 Å². The predicted molar refractivity (Wildman–Crippen MR) is 151 cm³/mol. The van der Waals surface area contributed by atoms with Gasteiger partial charge in [0.25, 0.3) is 5.91 Å². The molecule has 0 atom stereocenters. The van der Waals surface area contributed by atoms with Crippen molar-refractivity contribution < 1.29 is 14.0 Å². The number of aromatic nitrogens is 3. The zero-order valence-electron chi connectivity index (χ0n) is 21.2. The molecule has 38 heavy (non-hydrogen) atoms. The molecule has 0 unspecified atom stereocenters. The molecule has 3 aromatic carbocycles. The molecule has 0 aliphatic carbocycles. The lowest BCUT2D eigenvalue weighted by atomic mass is 9.87. The molecule has 0 aliphatic heterocycles. The summed E-state index contributed by atoms with van der Waals surface area (Å²) in [5.74, 6) is -0.266. The minimum Gasteiger partial charge on any atom is -0.345 e. The molecule has 1 aromatic heterocycles. The van der Waals surface area contributed by atoms with Crippen LogP contribution in [0.5, 0.6) is 0 Å². The number of thioether (sulfide) groups is 1. The van der Waals surface area contributed by atoms with Crippen LogP contribution < -0.4 is 10.6 Å². The number of benzene rings is 3. The lowest BCUT2D eigenvalue weighted by Gasteiger charge is -2.19. The SMILES string of the molecule is CC(C)(C)c1ccc(C(=O)NCc2nnc(SCC(=O)Nc3ccc(F)cc3)n2-c2ccc(Br)cc2)cc1. The van der Waals surface area contributed by atoms with Crippen LogP contribution in [0.25, 0.3) is 5.69 Å². The van der Waals surface area contributed by atoms with Crippen molar-refractivity contribution in [3.63, 3.8) is 0 Å². The highest BCUT2D eigenvalue weighted by atomic mass is 79.9. The van der Waals surface area contributed by atoms with Gasteiger partial charge in [0.15, 0.2) is 11.0 Å². The van der Waals surface area contributed by atoms with Crippen LogP contribution in [0.4, 0.5) is 10.1 Å². The third kappa shape index (κ3) is 7.08. The number of carbonyl (C=O) groups is 2. The maximum absolute atomic E-state index is 13.1. The van der Waals surface area contributed by atoms with Gasteiger partial charge in [0.05, 0.1) is 12.3 Å². The monoisotopic (exact) mass is 595 g/mol. The maximum Gasteiger partial charge on any atom is 0.251 e. The molecule has 1 heterocycles. The molecule has 4 rings (SSSR count). The minimum absolute atomic E-state index is 0.0000898. The van der Waals surface area contributed by atoms with E-state index in [1.807, 2.05) is 53.1 Å². The van der Waals surface area contributed by atoms with Crippen LogP contribution in [0, 0.1) is 5.82 Å². The first-order valence-electron chi connectivity index (χ1n) is 11.9. The van der Waals surface area contributed by atoms with Gasteiger partial charge in [0.1, 0.15) is 5.82 Å². The number of halogens is 2. The Labute approximate surface area is 233 Å². The Bertz CT molecular complexity index is 1420. The normalized spacial score (nSPS) is 11.3. The fourth-order valence-corrected chi connectivity index (χ4v) is 4.64. The summed E-state index contributed by atoms with van der Waals surface area (Å²) in [6, 6.07) is 20.7. The molecule has 7 nitrogen and oxygen atoms in total. The number of hydrogen-bond acceptors (Lipinski definition) is 5. The summed E-state index contributed by atoms with van der Waals surface area (Å²) in [4.78, 5) is 25.3. The molecule has 0 radical (unpaired) electrons. The minimum atomic E-state index is -0.374. The summed E-state index contributed by atoms with van der Waals surface area (Å²) in [5, 5.41) is 14.7. The average Bonchev–Trinajstić information content (AvgIpc) is 3.30. The summed E-state index contributed by atoms with van der Waals surface area (Å²) in [6.07, 6.45) is 0. The number of amides is 2. The van der Waals surface area contributed by atoms with Crippen molar-refractivity contribution in [1.29, 1.82) is 0 Å². The van der Waals surface area contributed by atoms with Crippen LogP contribution in [0.1, 0.15) is 42.5 Å². The van der Waals surface area contributed by atoms with Gasteiger partial charge in [0, 0.05) is 21.4 Å². The van der Waals surface area contributed by atoms with E-state index in [-0.39, 0.29) is 35.3 Å². The Balaban J connectivity index is 1.48. The van der Waals surface area contributed by atoms with Crippen molar-refractivity contribution in [1.82, 2.24) is 20.1 Å². The molecular weight excluding hydrogens is 569 g/mol. The molecule has 2 amide bonds. The predicted octanol–water partition coefficient (Wildman–Crippen LogP) is 6.13. The van der Waals surface area contributed by atoms with E-state index in [2.05, 4.69) is 57.5 Å². The summed E-state index contributed by atoms with van der Waals surface area (Å²) in [7, 11) is 0. The van der Waals surface area contributed by atoms with Crippen LogP contribution in [0.15, 0.2) is 82.4 Å². The van der Waals surface area contributed by atoms with E-state index in [4.69, 9.17) is 0 Å². The molecule has 0 saturated heterocycles. The summed E-state index contributed by atoms with van der Waals surface area (Å²) in [6.45, 7) is 6.52. The first-order valence-corrected chi connectivity index (χ1v) is 13.7. The third-order valence-corrected chi connectivity index (χ3v) is 7.12. The van der Waals surface area contributed by atoms with Crippen molar-refractivity contribution in [3.8, 4) is 5.69 Å². The van der Waals surface area contributed by atoms with Crippen LogP contribution in [0.3, 0.4) is 0 Å². The van der Waals surface area contributed by atoms with E-state index in [1.54, 1.807) is 0 Å². The molecule has 196 valence electrons. The van der Waals surface area contributed by atoms with Crippen LogP contribution in [0.2, 0.25) is 0 Å². The van der Waals surface area contributed by atoms with Crippen LogP contribution >= 0.6 is 27.7 Å². The van der Waals surface area contributed by atoms with Crippen LogP contribution in [-0.4, -0.2) is 32.3 Å². The lowest BCUT2D eigenvalue weighted by molar-refractivity contribution is -0.113. The second-order valence-corrected chi connectivity index (χ2v) is 11.4. The largest absolute Gasteiger partial charge is 0.345 e. The fourth-order valence-electron chi connectivity index (χ4n) is 3.60. The smallest absolute Gasteiger partial charge is 0.251 e. The van der Waals surface area contributed by atoms with Crippen molar-refractivity contribution in [2.24, 2.45) is 0 Å². The molecule has 2 N–H and O–H groups in total. The second kappa shape index (κ2) is 11.9. The molecule has 4 aromatic rings. The quantitative estimate of drug-likeness (QED) is 0.239. The molecule has 0 saturated carbocycles. The molecule has 0 fully saturated rings. The number of nitrogens with one attached hydrogen (secondary N) is 2. The van der Waals surface area contributed by atoms with E-state index in [0.29, 0.717) is 22.2 Å². The van der Waals surface area contributed by atoms with Gasteiger partial charge in [0.2, 0.25) is 5.91 Å². The fraction of sp³-hybridized carbons (Fsp3) is 0.214. The maximum atomic E-state index is 13.1. The number of anilines is 1. The Morgan fingerprint density at radius 1 is 0.947 bits per heavy atom. The van der Waals surface area contributed by atoms with E-state index in [1.165, 1.54) is 36.0 Å². The Hall–Kier alpha value is -3.50. The lowest BCUT2D eigenvalue weighted by Crippen LogP contribution is -2.25. The molecule has 0 spiro atoms. The highest BCUT2D eigenvalue weighted by Crippen LogP contribution is 2.25. The zero-order valence-corrected chi connectivity index (χ0v) is 23.6. The first kappa shape index (κ1) is 27.5. The van der Waals surface area contributed by atoms with E-state index >= 15 is 0 Å². The topological polar surface area (TPSA) is 88.9 Å². The van der Waals surface area contributed by atoms with Gasteiger partial charge in [-0.15, -0.1) is 10.2 Å². The Morgan fingerprint density at radius 2 is 1.61 bits per heavy atom. The molecule has 0 aliphatic rings. The van der Waals surface area contributed by atoms with Gasteiger partial charge < -0.3 is 10.6 Å². The van der Waals surface area contributed by atoms with Crippen molar-refractivity contribution >= 4 is 45.2 Å². The highest BCUT2D eigenvalue weighted by Gasteiger charge is 2.18. The van der Waals surface area contributed by atoms with Crippen molar-refractivity contribution in [3.05, 3.63) is 100 Å². The molecule has 10 heteroatoms. The summed E-state index contributed by atoms with van der Waals surface area (Å²) in [5.41, 5.74) is 3.00. The number of nitrogens with zero attached hydrogens (tertiary/aromatic N) is 3. The van der Waals surface area contributed by atoms with Gasteiger partial charge in [-0.2, -0.15) is 0 Å². The van der Waals surface area contributed by atoms with Crippen LogP contribution in [-0.2, 0) is 16.8 Å². The van der Waals surface area contributed by atoms with Gasteiger partial charge in [-0.1, -0.05) is 60.6 Å². The zero-order chi connectivity index (χ0) is 27.3. The van der Waals surface area contributed by atoms with Gasteiger partial charge in [-0.25, -0.2) is 4.39 Å². The first-order chi connectivity index (χ1) is 18.1. The number of carbonyl (C=O) groups excluding carboxylic acids is 2. The number of hydrogen-bond donors (Lipinski definition) is 2. The van der Waals surface area contributed by atoms with Gasteiger partial charge in [-0.05, 0) is 71.6 Å². The van der Waals surface area contributed by atoms with E-state index < -0.39 is 0 Å². The highest BCUT2D eigenvalue weighted by molar-refractivity contribution is 9.10. The molecular formula is C28H27BrFN5O2S. The van der Waals surface area contributed by atoms with Gasteiger partial charge >= 0.3 is 0 Å². The second-order valence-electron chi connectivity index (χ2n) is 9.56. The standard InChI is InChI=1S/C28H27BrFN5O2S/c1-28(2,3)19-6-4-18(5-7-19)26(37)31-16-24-33-34-27(35(24)23-14-8-20(29)9-15-23)38-17-25(36)32-22-12-10-21(30)11-13-22/h4-15H,16-17H2,1-3H3,(H,31,37)(H,32,36). The average molecular weight is 597 g/mol. The van der Waals surface area contributed by atoms with E-state index in [0.717, 1.165) is 15.7 Å². The van der Waals surface area contributed by atoms with E-state index in [9.17, 15) is 14.0 Å². The summed E-state index contributed by atoms with van der Waals surface area (Å²) < 4.78 is 15.9.